The third-order valence-electron chi connectivity index (χ3n) is 3.74. The number of nitrogens with two attached hydrogens (primary N) is 1. The zero-order valence-corrected chi connectivity index (χ0v) is 11.9. The van der Waals surface area contributed by atoms with Gasteiger partial charge < -0.3 is 15.7 Å². The summed E-state index contributed by atoms with van der Waals surface area (Å²) in [5.74, 6) is -0.601. The zero-order valence-electron chi connectivity index (χ0n) is 11.9. The topological polar surface area (TPSA) is 83.6 Å². The van der Waals surface area contributed by atoms with Crippen LogP contribution in [0.5, 0.6) is 0 Å². The minimum Gasteiger partial charge on any atom is -0.481 e. The lowest BCUT2D eigenvalue weighted by atomic mass is 9.93. The van der Waals surface area contributed by atoms with E-state index in [0.29, 0.717) is 18.8 Å². The first-order valence-electron chi connectivity index (χ1n) is 7.09. The van der Waals surface area contributed by atoms with Gasteiger partial charge in [-0.25, -0.2) is 0 Å². The van der Waals surface area contributed by atoms with Gasteiger partial charge in [0.2, 0.25) is 5.91 Å². The molecule has 0 aliphatic carbocycles. The standard InChI is InChI=1S/C16H20N2O3/c17-14-4-1-12(2-5-14)3-6-15(19)18-9-7-13(8-10-18)11-16(20)21/h1-6,13H,7-11,17H2,(H,20,21)/b6-3+. The first-order valence-corrected chi connectivity index (χ1v) is 7.09. The van der Waals surface area contributed by atoms with E-state index in [-0.39, 0.29) is 18.2 Å². The molecule has 0 radical (unpaired) electrons. The number of likely N-dealkylation sites (tertiary alicyclic amines) is 1. The van der Waals surface area contributed by atoms with Crippen LogP contribution in [-0.4, -0.2) is 35.0 Å². The van der Waals surface area contributed by atoms with E-state index in [1.807, 2.05) is 12.1 Å². The lowest BCUT2D eigenvalue weighted by molar-refractivity contribution is -0.138. The molecule has 21 heavy (non-hydrogen) atoms. The number of nitrogen functional groups attached to an aromatic ring is 1. The highest BCUT2D eigenvalue weighted by atomic mass is 16.4. The molecule has 112 valence electrons. The van der Waals surface area contributed by atoms with E-state index in [1.165, 1.54) is 0 Å². The Labute approximate surface area is 124 Å². The maximum absolute atomic E-state index is 12.1. The number of aliphatic carboxylic acids is 1. The fraction of sp³-hybridized carbons (Fsp3) is 0.375. The van der Waals surface area contributed by atoms with Crippen molar-refractivity contribution in [3.63, 3.8) is 0 Å². The number of amides is 1. The van der Waals surface area contributed by atoms with Crippen molar-refractivity contribution in [3.8, 4) is 0 Å². The Morgan fingerprint density at radius 3 is 2.43 bits per heavy atom. The van der Waals surface area contributed by atoms with Gasteiger partial charge in [0.05, 0.1) is 0 Å². The number of benzene rings is 1. The van der Waals surface area contributed by atoms with Crippen molar-refractivity contribution in [1.82, 2.24) is 4.90 Å². The summed E-state index contributed by atoms with van der Waals surface area (Å²) in [6, 6.07) is 7.31. The van der Waals surface area contributed by atoms with Crippen molar-refractivity contribution in [2.45, 2.75) is 19.3 Å². The first kappa shape index (κ1) is 15.1. The molecule has 1 amide bonds. The molecule has 5 nitrogen and oxygen atoms in total. The van der Waals surface area contributed by atoms with Gasteiger partial charge in [-0.05, 0) is 42.5 Å². The average molecular weight is 288 g/mol. The second kappa shape index (κ2) is 6.92. The van der Waals surface area contributed by atoms with Gasteiger partial charge in [-0.2, -0.15) is 0 Å². The maximum Gasteiger partial charge on any atom is 0.303 e. The van der Waals surface area contributed by atoms with Gasteiger partial charge in [0.25, 0.3) is 0 Å². The molecule has 5 heteroatoms. The minimum absolute atomic E-state index is 0.0272. The van der Waals surface area contributed by atoms with Gasteiger partial charge in [-0.3, -0.25) is 9.59 Å². The fourth-order valence-electron chi connectivity index (χ4n) is 2.48. The molecule has 0 unspecified atom stereocenters. The van der Waals surface area contributed by atoms with E-state index in [9.17, 15) is 9.59 Å². The second-order valence-corrected chi connectivity index (χ2v) is 5.37. The predicted octanol–water partition coefficient (Wildman–Crippen LogP) is 2.00. The number of carboxylic acid groups (broad SMARTS) is 1. The highest BCUT2D eigenvalue weighted by Crippen LogP contribution is 2.20. The molecule has 1 aliphatic heterocycles. The summed E-state index contributed by atoms with van der Waals surface area (Å²) in [5, 5.41) is 8.77. The Hall–Kier alpha value is -2.30. The summed E-state index contributed by atoms with van der Waals surface area (Å²) in [5.41, 5.74) is 7.23. The molecule has 3 N–H and O–H groups in total. The first-order chi connectivity index (χ1) is 10.0. The highest BCUT2D eigenvalue weighted by Gasteiger charge is 2.23. The molecular weight excluding hydrogens is 268 g/mol. The van der Waals surface area contributed by atoms with Crippen molar-refractivity contribution >= 4 is 23.6 Å². The van der Waals surface area contributed by atoms with E-state index in [2.05, 4.69) is 0 Å². The molecule has 0 atom stereocenters. The smallest absolute Gasteiger partial charge is 0.303 e. The monoisotopic (exact) mass is 288 g/mol. The number of hydrogen-bond donors (Lipinski definition) is 2. The summed E-state index contributed by atoms with van der Waals surface area (Å²) in [6.07, 6.45) is 5.04. The molecule has 1 aromatic rings. The molecule has 2 rings (SSSR count). The van der Waals surface area contributed by atoms with E-state index in [0.717, 1.165) is 18.4 Å². The van der Waals surface area contributed by atoms with Gasteiger partial charge in [0.15, 0.2) is 0 Å². The van der Waals surface area contributed by atoms with Crippen LogP contribution in [-0.2, 0) is 9.59 Å². The van der Waals surface area contributed by atoms with Crippen LogP contribution >= 0.6 is 0 Å². The average Bonchev–Trinajstić information content (AvgIpc) is 2.46. The molecule has 1 aliphatic rings. The molecule has 1 aromatic carbocycles. The van der Waals surface area contributed by atoms with Crippen LogP contribution in [0.25, 0.3) is 6.08 Å². The number of carbonyl (C=O) groups is 2. The van der Waals surface area contributed by atoms with Crippen LogP contribution in [0.1, 0.15) is 24.8 Å². The van der Waals surface area contributed by atoms with Gasteiger partial charge in [-0.15, -0.1) is 0 Å². The molecule has 0 bridgehead atoms. The summed E-state index contributed by atoms with van der Waals surface area (Å²) < 4.78 is 0. The Kier molecular flexibility index (Phi) is 4.98. The summed E-state index contributed by atoms with van der Waals surface area (Å²) in [4.78, 5) is 24.5. The lowest BCUT2D eigenvalue weighted by Crippen LogP contribution is -2.37. The molecule has 0 aromatic heterocycles. The van der Waals surface area contributed by atoms with Crippen LogP contribution < -0.4 is 5.73 Å². The third kappa shape index (κ3) is 4.63. The SMILES string of the molecule is Nc1ccc(/C=C/C(=O)N2CCC(CC(=O)O)CC2)cc1. The molecule has 1 saturated heterocycles. The largest absolute Gasteiger partial charge is 0.481 e. The van der Waals surface area contributed by atoms with Crippen LogP contribution in [0, 0.1) is 5.92 Å². The molecular formula is C16H20N2O3. The fourth-order valence-corrected chi connectivity index (χ4v) is 2.48. The molecule has 0 saturated carbocycles. The normalized spacial score (nSPS) is 16.3. The maximum atomic E-state index is 12.1. The lowest BCUT2D eigenvalue weighted by Gasteiger charge is -2.30. The predicted molar refractivity (Wildman–Crippen MR) is 81.4 cm³/mol. The van der Waals surface area contributed by atoms with Crippen LogP contribution in [0.15, 0.2) is 30.3 Å². The number of anilines is 1. The van der Waals surface area contributed by atoms with E-state index < -0.39 is 5.97 Å². The number of rotatable bonds is 4. The van der Waals surface area contributed by atoms with Crippen LogP contribution in [0.2, 0.25) is 0 Å². The number of hydrogen-bond acceptors (Lipinski definition) is 3. The Balaban J connectivity index is 1.84. The minimum atomic E-state index is -0.761. The molecule has 0 spiro atoms. The number of carboxylic acids is 1. The van der Waals surface area contributed by atoms with Crippen LogP contribution in [0.3, 0.4) is 0 Å². The van der Waals surface area contributed by atoms with Crippen molar-refractivity contribution in [2.24, 2.45) is 5.92 Å². The quantitative estimate of drug-likeness (QED) is 0.655. The van der Waals surface area contributed by atoms with Gasteiger partial charge >= 0.3 is 5.97 Å². The molecule has 1 fully saturated rings. The van der Waals surface area contributed by atoms with Gasteiger partial charge in [0.1, 0.15) is 0 Å². The van der Waals surface area contributed by atoms with Crippen molar-refractivity contribution in [1.29, 1.82) is 0 Å². The summed E-state index contributed by atoms with van der Waals surface area (Å²) >= 11 is 0. The van der Waals surface area contributed by atoms with Gasteiger partial charge in [0, 0.05) is 31.3 Å². The van der Waals surface area contributed by atoms with Crippen molar-refractivity contribution < 1.29 is 14.7 Å². The number of piperidine rings is 1. The highest BCUT2D eigenvalue weighted by molar-refractivity contribution is 5.91. The zero-order chi connectivity index (χ0) is 15.2. The van der Waals surface area contributed by atoms with Crippen LogP contribution in [0.4, 0.5) is 5.69 Å². The summed E-state index contributed by atoms with van der Waals surface area (Å²) in [7, 11) is 0. The Morgan fingerprint density at radius 1 is 1.24 bits per heavy atom. The second-order valence-electron chi connectivity index (χ2n) is 5.37. The van der Waals surface area contributed by atoms with Gasteiger partial charge in [-0.1, -0.05) is 12.1 Å². The Bertz CT molecular complexity index is 529. The van der Waals surface area contributed by atoms with E-state index in [1.54, 1.807) is 29.2 Å². The van der Waals surface area contributed by atoms with E-state index in [4.69, 9.17) is 10.8 Å². The van der Waals surface area contributed by atoms with Crippen molar-refractivity contribution in [2.75, 3.05) is 18.8 Å². The van der Waals surface area contributed by atoms with E-state index >= 15 is 0 Å². The van der Waals surface area contributed by atoms with Crippen molar-refractivity contribution in [3.05, 3.63) is 35.9 Å². The number of carbonyl (C=O) groups excluding carboxylic acids is 1. The number of nitrogens with zero attached hydrogens (tertiary/aromatic N) is 1. The Morgan fingerprint density at radius 2 is 1.86 bits per heavy atom. The molecule has 1 heterocycles. The summed E-state index contributed by atoms with van der Waals surface area (Å²) in [6.45, 7) is 1.26. The third-order valence-corrected chi connectivity index (χ3v) is 3.74.